The number of benzene rings is 2. The van der Waals surface area contributed by atoms with Gasteiger partial charge in [0.2, 0.25) is 5.91 Å². The van der Waals surface area contributed by atoms with Gasteiger partial charge in [-0.1, -0.05) is 42.8 Å². The second-order valence-corrected chi connectivity index (χ2v) is 8.01. The molecule has 0 saturated carbocycles. The summed E-state index contributed by atoms with van der Waals surface area (Å²) in [4.78, 5) is 12.3. The first-order valence-corrected chi connectivity index (χ1v) is 9.84. The Bertz CT molecular complexity index is 759. The largest absolute Gasteiger partial charge is 0.489 e. The molecule has 2 aromatic rings. The average molecular weight is 423 g/mol. The molecule has 0 aromatic heterocycles. The first kappa shape index (κ1) is 22.5. The fourth-order valence-corrected chi connectivity index (χ4v) is 3.39. The number of carbonyl (C=O) groups is 1. The molecule has 6 heteroatoms. The van der Waals surface area contributed by atoms with Crippen LogP contribution in [0.2, 0.25) is 5.02 Å². The molecule has 1 saturated heterocycles. The summed E-state index contributed by atoms with van der Waals surface area (Å²) in [6.45, 7) is 5.51. The lowest BCUT2D eigenvalue weighted by Gasteiger charge is -2.34. The average Bonchev–Trinajstić information content (AvgIpc) is 2.67. The maximum Gasteiger partial charge on any atom is 0.224 e. The minimum absolute atomic E-state index is 0. The molecule has 1 fully saturated rings. The Labute approximate surface area is 178 Å². The molecule has 4 nitrogen and oxygen atoms in total. The molecule has 2 N–H and O–H groups in total. The van der Waals surface area contributed by atoms with Gasteiger partial charge < -0.3 is 15.4 Å². The van der Waals surface area contributed by atoms with E-state index in [0.29, 0.717) is 18.1 Å². The van der Waals surface area contributed by atoms with Crippen molar-refractivity contribution in [1.29, 1.82) is 0 Å². The summed E-state index contributed by atoms with van der Waals surface area (Å²) in [7, 11) is 0. The fourth-order valence-electron chi connectivity index (χ4n) is 3.26. The van der Waals surface area contributed by atoms with Gasteiger partial charge in [-0.15, -0.1) is 12.4 Å². The van der Waals surface area contributed by atoms with Crippen LogP contribution in [0.4, 0.5) is 0 Å². The predicted octanol–water partition coefficient (Wildman–Crippen LogP) is 4.39. The summed E-state index contributed by atoms with van der Waals surface area (Å²) < 4.78 is 5.84. The van der Waals surface area contributed by atoms with Crippen LogP contribution in [0.3, 0.4) is 0 Å². The van der Waals surface area contributed by atoms with Crippen molar-refractivity contribution in [1.82, 2.24) is 10.6 Å². The van der Waals surface area contributed by atoms with Gasteiger partial charge in [0.15, 0.2) is 0 Å². The molecule has 0 radical (unpaired) electrons. The van der Waals surface area contributed by atoms with E-state index in [0.717, 1.165) is 49.4 Å². The van der Waals surface area contributed by atoms with Crippen LogP contribution in [0.15, 0.2) is 48.5 Å². The van der Waals surface area contributed by atoms with Gasteiger partial charge in [-0.3, -0.25) is 4.79 Å². The van der Waals surface area contributed by atoms with E-state index in [-0.39, 0.29) is 23.7 Å². The standard InChI is InChI=1S/C22H27ClN2O2.ClH/c1-22(9-11-24-12-10-22)16-25-21(26)14-18-3-2-4-20(13-18)27-15-17-5-7-19(23)8-6-17;/h2-8,13,24H,9-12,14-16H2,1H3,(H,25,26);1H. The van der Waals surface area contributed by atoms with Crippen LogP contribution in [0.1, 0.15) is 30.9 Å². The fraction of sp³-hybridized carbons (Fsp3) is 0.409. The van der Waals surface area contributed by atoms with E-state index in [9.17, 15) is 4.79 Å². The first-order valence-electron chi connectivity index (χ1n) is 9.46. The quantitative estimate of drug-likeness (QED) is 0.695. The van der Waals surface area contributed by atoms with Crippen molar-refractivity contribution >= 4 is 29.9 Å². The van der Waals surface area contributed by atoms with Gasteiger partial charge in [-0.25, -0.2) is 0 Å². The second kappa shape index (κ2) is 10.7. The van der Waals surface area contributed by atoms with Crippen LogP contribution in [0.5, 0.6) is 5.75 Å². The van der Waals surface area contributed by atoms with Crippen LogP contribution < -0.4 is 15.4 Å². The number of nitrogens with one attached hydrogen (secondary N) is 2. The Morgan fingerprint density at radius 3 is 2.57 bits per heavy atom. The monoisotopic (exact) mass is 422 g/mol. The summed E-state index contributed by atoms with van der Waals surface area (Å²) in [5.41, 5.74) is 2.21. The number of ether oxygens (including phenoxy) is 1. The maximum atomic E-state index is 12.3. The van der Waals surface area contributed by atoms with Crippen molar-refractivity contribution in [2.24, 2.45) is 5.41 Å². The van der Waals surface area contributed by atoms with Gasteiger partial charge in [-0.05, 0) is 66.7 Å². The third-order valence-corrected chi connectivity index (χ3v) is 5.36. The number of rotatable bonds is 7. The van der Waals surface area contributed by atoms with E-state index in [2.05, 4.69) is 17.6 Å². The number of halogens is 2. The highest BCUT2D eigenvalue weighted by Gasteiger charge is 2.26. The lowest BCUT2D eigenvalue weighted by atomic mass is 9.81. The van der Waals surface area contributed by atoms with E-state index >= 15 is 0 Å². The molecule has 152 valence electrons. The Morgan fingerprint density at radius 2 is 1.86 bits per heavy atom. The van der Waals surface area contributed by atoms with Crippen molar-refractivity contribution in [2.75, 3.05) is 19.6 Å². The first-order chi connectivity index (χ1) is 13.0. The van der Waals surface area contributed by atoms with Crippen LogP contribution >= 0.6 is 24.0 Å². The predicted molar refractivity (Wildman–Crippen MR) is 116 cm³/mol. The molecule has 28 heavy (non-hydrogen) atoms. The minimum Gasteiger partial charge on any atom is -0.489 e. The number of hydrogen-bond donors (Lipinski definition) is 2. The van der Waals surface area contributed by atoms with Gasteiger partial charge >= 0.3 is 0 Å². The van der Waals surface area contributed by atoms with Crippen LogP contribution in [-0.2, 0) is 17.8 Å². The molecular formula is C22H28Cl2N2O2. The normalized spacial score (nSPS) is 15.4. The topological polar surface area (TPSA) is 50.4 Å². The molecule has 1 amide bonds. The summed E-state index contributed by atoms with van der Waals surface area (Å²) >= 11 is 5.90. The Morgan fingerprint density at radius 1 is 1.14 bits per heavy atom. The molecule has 1 aliphatic heterocycles. The van der Waals surface area contributed by atoms with Crippen LogP contribution in [-0.4, -0.2) is 25.5 Å². The van der Waals surface area contributed by atoms with E-state index in [1.807, 2.05) is 48.5 Å². The minimum atomic E-state index is 0. The van der Waals surface area contributed by atoms with Gasteiger partial charge in [0.1, 0.15) is 12.4 Å². The Kier molecular flexibility index (Phi) is 8.61. The van der Waals surface area contributed by atoms with Crippen molar-refractivity contribution in [2.45, 2.75) is 32.8 Å². The highest BCUT2D eigenvalue weighted by atomic mass is 35.5. The maximum absolute atomic E-state index is 12.3. The third-order valence-electron chi connectivity index (χ3n) is 5.10. The molecule has 0 spiro atoms. The highest BCUT2D eigenvalue weighted by Crippen LogP contribution is 2.26. The smallest absolute Gasteiger partial charge is 0.224 e. The van der Waals surface area contributed by atoms with Gasteiger partial charge in [0, 0.05) is 11.6 Å². The summed E-state index contributed by atoms with van der Waals surface area (Å²) in [5.74, 6) is 0.824. The van der Waals surface area contributed by atoms with Crippen molar-refractivity contribution in [3.8, 4) is 5.75 Å². The van der Waals surface area contributed by atoms with Crippen molar-refractivity contribution < 1.29 is 9.53 Å². The molecule has 3 rings (SSSR count). The summed E-state index contributed by atoms with van der Waals surface area (Å²) in [6, 6.07) is 15.3. The molecule has 1 heterocycles. The van der Waals surface area contributed by atoms with E-state index in [1.165, 1.54) is 0 Å². The van der Waals surface area contributed by atoms with Gasteiger partial charge in [0.25, 0.3) is 0 Å². The van der Waals surface area contributed by atoms with Gasteiger partial charge in [0.05, 0.1) is 6.42 Å². The Hall–Kier alpha value is -1.75. The van der Waals surface area contributed by atoms with Crippen LogP contribution in [0.25, 0.3) is 0 Å². The highest BCUT2D eigenvalue weighted by molar-refractivity contribution is 6.30. The molecule has 0 atom stereocenters. The Balaban J connectivity index is 0.00000280. The van der Waals surface area contributed by atoms with Crippen molar-refractivity contribution in [3.05, 3.63) is 64.7 Å². The summed E-state index contributed by atoms with van der Waals surface area (Å²) in [6.07, 6.45) is 2.56. The van der Waals surface area contributed by atoms with Crippen LogP contribution in [0, 0.1) is 5.41 Å². The summed E-state index contributed by atoms with van der Waals surface area (Å²) in [5, 5.41) is 7.18. The molecule has 2 aromatic carbocycles. The van der Waals surface area contributed by atoms with Gasteiger partial charge in [-0.2, -0.15) is 0 Å². The number of carbonyl (C=O) groups excluding carboxylic acids is 1. The molecule has 0 aliphatic carbocycles. The second-order valence-electron chi connectivity index (χ2n) is 7.58. The SMILES string of the molecule is CC1(CNC(=O)Cc2cccc(OCc3ccc(Cl)cc3)c2)CCNCC1.Cl. The number of amides is 1. The van der Waals surface area contributed by atoms with Crippen molar-refractivity contribution in [3.63, 3.8) is 0 Å². The molecule has 0 unspecified atom stereocenters. The zero-order valence-electron chi connectivity index (χ0n) is 16.2. The number of piperidine rings is 1. The zero-order chi connectivity index (χ0) is 19.1. The zero-order valence-corrected chi connectivity index (χ0v) is 17.7. The lowest BCUT2D eigenvalue weighted by molar-refractivity contribution is -0.121. The van der Waals surface area contributed by atoms with E-state index < -0.39 is 0 Å². The van der Waals surface area contributed by atoms with E-state index in [4.69, 9.17) is 16.3 Å². The third kappa shape index (κ3) is 7.01. The van der Waals surface area contributed by atoms with E-state index in [1.54, 1.807) is 0 Å². The number of hydrogen-bond acceptors (Lipinski definition) is 3. The lowest BCUT2D eigenvalue weighted by Crippen LogP contribution is -2.43. The molecule has 0 bridgehead atoms. The molecular weight excluding hydrogens is 395 g/mol. The molecule has 1 aliphatic rings.